The number of thiophene rings is 1. The van der Waals surface area contributed by atoms with Crippen LogP contribution in [0.25, 0.3) is 0 Å². The van der Waals surface area contributed by atoms with Crippen LogP contribution in [0, 0.1) is 0 Å². The van der Waals surface area contributed by atoms with Gasteiger partial charge in [0.05, 0.1) is 12.6 Å². The van der Waals surface area contributed by atoms with Gasteiger partial charge in [0.2, 0.25) is 11.8 Å². The minimum absolute atomic E-state index is 0.0286. The van der Waals surface area contributed by atoms with Crippen molar-refractivity contribution in [1.29, 1.82) is 0 Å². The maximum atomic E-state index is 12.3. The molecule has 6 heteroatoms. The van der Waals surface area contributed by atoms with E-state index in [0.29, 0.717) is 11.4 Å². The molecule has 0 fully saturated rings. The average Bonchev–Trinajstić information content (AvgIpc) is 3.18. The largest absolute Gasteiger partial charge is 0.326 e. The summed E-state index contributed by atoms with van der Waals surface area (Å²) in [5, 5.41) is 10.9. The molecule has 27 heavy (non-hydrogen) atoms. The van der Waals surface area contributed by atoms with Crippen LogP contribution in [0.5, 0.6) is 0 Å². The first kappa shape index (κ1) is 18.8. The topological polar surface area (TPSA) is 70.2 Å². The van der Waals surface area contributed by atoms with Gasteiger partial charge >= 0.3 is 0 Å². The summed E-state index contributed by atoms with van der Waals surface area (Å²) in [5.74, 6) is -0.253. The Kier molecular flexibility index (Phi) is 6.35. The average molecular weight is 379 g/mol. The normalized spacial score (nSPS) is 11.6. The highest BCUT2D eigenvalue weighted by Gasteiger charge is 2.15. The number of hydrogen-bond donors (Lipinski definition) is 3. The smallest absolute Gasteiger partial charge is 0.238 e. The molecule has 0 spiro atoms. The van der Waals surface area contributed by atoms with Crippen molar-refractivity contribution < 1.29 is 9.59 Å². The lowest BCUT2D eigenvalue weighted by Gasteiger charge is -2.18. The standard InChI is InChI=1S/C21H21N3O2S/c1-15(25)23-17-9-11-18(12-10-17)24-20(26)14-22-21(19-8-5-13-27-19)16-6-3-2-4-7-16/h2-13,21-22H,14H2,1H3,(H,23,25)(H,24,26)/t21-/m0/s1. The van der Waals surface area contributed by atoms with Gasteiger partial charge in [-0.05, 0) is 41.3 Å². The molecular formula is C21H21N3O2S. The van der Waals surface area contributed by atoms with Gasteiger partial charge in [-0.2, -0.15) is 0 Å². The van der Waals surface area contributed by atoms with E-state index in [-0.39, 0.29) is 24.4 Å². The third-order valence-corrected chi connectivity index (χ3v) is 4.85. The number of anilines is 2. The number of carbonyl (C=O) groups is 2. The van der Waals surface area contributed by atoms with Crippen LogP contribution in [0.3, 0.4) is 0 Å². The van der Waals surface area contributed by atoms with E-state index in [9.17, 15) is 9.59 Å². The van der Waals surface area contributed by atoms with Crippen LogP contribution in [-0.2, 0) is 9.59 Å². The number of nitrogens with one attached hydrogen (secondary N) is 3. The zero-order valence-corrected chi connectivity index (χ0v) is 15.8. The molecule has 0 bridgehead atoms. The van der Waals surface area contributed by atoms with Crippen LogP contribution < -0.4 is 16.0 Å². The highest BCUT2D eigenvalue weighted by molar-refractivity contribution is 7.10. The van der Waals surface area contributed by atoms with Gasteiger partial charge in [0.25, 0.3) is 0 Å². The van der Waals surface area contributed by atoms with Crippen LogP contribution in [-0.4, -0.2) is 18.4 Å². The molecule has 138 valence electrons. The molecule has 0 saturated carbocycles. The van der Waals surface area contributed by atoms with Crippen molar-refractivity contribution in [2.24, 2.45) is 0 Å². The summed E-state index contributed by atoms with van der Waals surface area (Å²) in [7, 11) is 0. The number of benzene rings is 2. The van der Waals surface area contributed by atoms with E-state index >= 15 is 0 Å². The number of amides is 2. The maximum Gasteiger partial charge on any atom is 0.238 e. The van der Waals surface area contributed by atoms with E-state index in [2.05, 4.69) is 34.1 Å². The van der Waals surface area contributed by atoms with Crippen LogP contribution in [0.2, 0.25) is 0 Å². The molecule has 3 N–H and O–H groups in total. The van der Waals surface area contributed by atoms with Crippen molar-refractivity contribution in [2.45, 2.75) is 13.0 Å². The van der Waals surface area contributed by atoms with Crippen molar-refractivity contribution in [1.82, 2.24) is 5.32 Å². The second-order valence-electron chi connectivity index (χ2n) is 6.05. The van der Waals surface area contributed by atoms with Gasteiger partial charge < -0.3 is 10.6 Å². The molecule has 0 radical (unpaired) electrons. The Balaban J connectivity index is 1.60. The zero-order valence-electron chi connectivity index (χ0n) is 14.9. The quantitative estimate of drug-likeness (QED) is 0.581. The number of rotatable bonds is 7. The van der Waals surface area contributed by atoms with E-state index < -0.39 is 0 Å². The molecule has 5 nitrogen and oxygen atoms in total. The molecule has 2 amide bonds. The Labute approximate surface area is 162 Å². The molecule has 0 aliphatic heterocycles. The summed E-state index contributed by atoms with van der Waals surface area (Å²) in [6.07, 6.45) is 0. The van der Waals surface area contributed by atoms with E-state index in [4.69, 9.17) is 0 Å². The molecular weight excluding hydrogens is 358 g/mol. The van der Waals surface area contributed by atoms with E-state index in [0.717, 1.165) is 10.4 Å². The Bertz CT molecular complexity index is 878. The molecule has 1 heterocycles. The monoisotopic (exact) mass is 379 g/mol. The van der Waals surface area contributed by atoms with Crippen LogP contribution >= 0.6 is 11.3 Å². The van der Waals surface area contributed by atoms with Gasteiger partial charge in [-0.25, -0.2) is 0 Å². The molecule has 1 atom stereocenters. The summed E-state index contributed by atoms with van der Waals surface area (Å²) in [5.41, 5.74) is 2.50. The maximum absolute atomic E-state index is 12.3. The fourth-order valence-electron chi connectivity index (χ4n) is 2.72. The fraction of sp³-hybridized carbons (Fsp3) is 0.143. The molecule has 1 aromatic heterocycles. The molecule has 3 rings (SSSR count). The van der Waals surface area contributed by atoms with Crippen molar-refractivity contribution in [3.05, 3.63) is 82.6 Å². The lowest BCUT2D eigenvalue weighted by molar-refractivity contribution is -0.115. The molecule has 0 saturated heterocycles. The van der Waals surface area contributed by atoms with Gasteiger partial charge in [0.15, 0.2) is 0 Å². The third kappa shape index (κ3) is 5.51. The predicted octanol–water partition coefficient (Wildman–Crippen LogP) is 4.02. The summed E-state index contributed by atoms with van der Waals surface area (Å²) >= 11 is 1.66. The van der Waals surface area contributed by atoms with Crippen LogP contribution in [0.1, 0.15) is 23.4 Å². The first-order valence-electron chi connectivity index (χ1n) is 8.61. The van der Waals surface area contributed by atoms with Crippen molar-refractivity contribution in [3.63, 3.8) is 0 Å². The summed E-state index contributed by atoms with van der Waals surface area (Å²) < 4.78 is 0. The number of hydrogen-bond acceptors (Lipinski definition) is 4. The molecule has 3 aromatic rings. The van der Waals surface area contributed by atoms with Crippen molar-refractivity contribution in [2.75, 3.05) is 17.2 Å². The Hall–Kier alpha value is -2.96. The lowest BCUT2D eigenvalue weighted by Crippen LogP contribution is -2.31. The second kappa shape index (κ2) is 9.12. The van der Waals surface area contributed by atoms with Gasteiger partial charge in [-0.3, -0.25) is 14.9 Å². The summed E-state index contributed by atoms with van der Waals surface area (Å²) in [6.45, 7) is 1.64. The number of carbonyl (C=O) groups excluding carboxylic acids is 2. The van der Waals surface area contributed by atoms with Gasteiger partial charge in [-0.15, -0.1) is 11.3 Å². The van der Waals surface area contributed by atoms with E-state index in [1.165, 1.54) is 6.92 Å². The SMILES string of the molecule is CC(=O)Nc1ccc(NC(=O)CN[C@@H](c2ccccc2)c2cccs2)cc1. The Morgan fingerprint density at radius 1 is 0.889 bits per heavy atom. The highest BCUT2D eigenvalue weighted by atomic mass is 32.1. The van der Waals surface area contributed by atoms with Gasteiger partial charge in [-0.1, -0.05) is 36.4 Å². The Morgan fingerprint density at radius 3 is 2.15 bits per heavy atom. The lowest BCUT2D eigenvalue weighted by atomic mass is 10.1. The van der Waals surface area contributed by atoms with Crippen LogP contribution in [0.4, 0.5) is 11.4 Å². The second-order valence-corrected chi connectivity index (χ2v) is 7.03. The first-order valence-corrected chi connectivity index (χ1v) is 9.49. The van der Waals surface area contributed by atoms with Gasteiger partial charge in [0.1, 0.15) is 0 Å². The highest BCUT2D eigenvalue weighted by Crippen LogP contribution is 2.25. The third-order valence-electron chi connectivity index (χ3n) is 3.92. The molecule has 0 aliphatic carbocycles. The van der Waals surface area contributed by atoms with Gasteiger partial charge in [0, 0.05) is 23.2 Å². The Morgan fingerprint density at radius 2 is 1.56 bits per heavy atom. The van der Waals surface area contributed by atoms with E-state index in [1.807, 2.05) is 29.6 Å². The fourth-order valence-corrected chi connectivity index (χ4v) is 3.55. The zero-order chi connectivity index (χ0) is 19.1. The summed E-state index contributed by atoms with van der Waals surface area (Å²) in [4.78, 5) is 24.6. The minimum Gasteiger partial charge on any atom is -0.326 e. The predicted molar refractivity (Wildman–Crippen MR) is 110 cm³/mol. The summed E-state index contributed by atoms with van der Waals surface area (Å²) in [6, 6.07) is 21.1. The minimum atomic E-state index is -0.128. The molecule has 2 aromatic carbocycles. The van der Waals surface area contributed by atoms with E-state index in [1.54, 1.807) is 35.6 Å². The van der Waals surface area contributed by atoms with Crippen LogP contribution in [0.15, 0.2) is 72.1 Å². The first-order chi connectivity index (χ1) is 13.1. The molecule has 0 unspecified atom stereocenters. The molecule has 0 aliphatic rings. The van der Waals surface area contributed by atoms with Crippen molar-refractivity contribution >= 4 is 34.5 Å². The van der Waals surface area contributed by atoms with Crippen molar-refractivity contribution in [3.8, 4) is 0 Å².